The predicted molar refractivity (Wildman–Crippen MR) is 83.7 cm³/mol. The summed E-state index contributed by atoms with van der Waals surface area (Å²) in [5, 5.41) is 25.1. The Morgan fingerprint density at radius 3 is 2.87 bits per heavy atom. The summed E-state index contributed by atoms with van der Waals surface area (Å²) in [4.78, 5) is 11.3. The molecule has 1 aromatic carbocycles. The van der Waals surface area contributed by atoms with E-state index in [-0.39, 0.29) is 11.6 Å². The van der Waals surface area contributed by atoms with Crippen molar-refractivity contribution in [1.29, 1.82) is 0 Å². The molecule has 10 nitrogen and oxygen atoms in total. The lowest BCUT2D eigenvalue weighted by Gasteiger charge is -2.00. The zero-order valence-corrected chi connectivity index (χ0v) is 12.9. The number of hydrogen-bond acceptors (Lipinski definition) is 8. The summed E-state index contributed by atoms with van der Waals surface area (Å²) in [5.74, 6) is 1.02. The minimum Gasteiger partial charge on any atom is -0.455 e. The Kier molecular flexibility index (Phi) is 3.85. The number of tetrazole rings is 1. The molecule has 0 aliphatic carbocycles. The standard InChI is InChI=1S/C12H8BrN7O3/c13-10-5-7(20(21)22)1-3-9(10)11-4-2-8(23-11)6-15-19-12(14)16-17-18-19/h1-6H,(H2,14,16,18)/b15-6+. The molecule has 2 heterocycles. The fraction of sp³-hybridized carbons (Fsp3) is 0. The summed E-state index contributed by atoms with van der Waals surface area (Å²) in [5.41, 5.74) is 6.15. The number of non-ortho nitro benzene ring substituents is 1. The average molecular weight is 378 g/mol. The highest BCUT2D eigenvalue weighted by Gasteiger charge is 2.13. The van der Waals surface area contributed by atoms with Crippen LogP contribution in [0, 0.1) is 10.1 Å². The van der Waals surface area contributed by atoms with Gasteiger partial charge in [0.15, 0.2) is 0 Å². The third-order valence-corrected chi connectivity index (χ3v) is 3.48. The summed E-state index contributed by atoms with van der Waals surface area (Å²) in [6.07, 6.45) is 1.40. The summed E-state index contributed by atoms with van der Waals surface area (Å²) in [6.45, 7) is 0. The summed E-state index contributed by atoms with van der Waals surface area (Å²) < 4.78 is 6.17. The highest BCUT2D eigenvalue weighted by atomic mass is 79.9. The maximum atomic E-state index is 10.7. The van der Waals surface area contributed by atoms with Crippen molar-refractivity contribution < 1.29 is 9.34 Å². The summed E-state index contributed by atoms with van der Waals surface area (Å²) >= 11 is 3.30. The van der Waals surface area contributed by atoms with Crippen LogP contribution in [0.2, 0.25) is 0 Å². The number of anilines is 1. The van der Waals surface area contributed by atoms with Crippen molar-refractivity contribution in [2.45, 2.75) is 0 Å². The van der Waals surface area contributed by atoms with Crippen molar-refractivity contribution in [3.8, 4) is 11.3 Å². The molecule has 0 fully saturated rings. The number of halogens is 1. The van der Waals surface area contributed by atoms with Crippen LogP contribution in [-0.2, 0) is 0 Å². The van der Waals surface area contributed by atoms with Gasteiger partial charge >= 0.3 is 0 Å². The second kappa shape index (κ2) is 5.96. The number of nitrogen functional groups attached to an aromatic ring is 1. The van der Waals surface area contributed by atoms with Gasteiger partial charge in [0.2, 0.25) is 0 Å². The van der Waals surface area contributed by atoms with E-state index in [2.05, 4.69) is 36.6 Å². The van der Waals surface area contributed by atoms with Crippen LogP contribution < -0.4 is 5.73 Å². The van der Waals surface area contributed by atoms with Crippen LogP contribution in [0.25, 0.3) is 11.3 Å². The number of hydrogen-bond donors (Lipinski definition) is 1. The molecule has 0 radical (unpaired) electrons. The first-order valence-electron chi connectivity index (χ1n) is 6.17. The van der Waals surface area contributed by atoms with E-state index in [1.807, 2.05) is 0 Å². The minimum absolute atomic E-state index is 0.0110. The molecule has 0 atom stereocenters. The van der Waals surface area contributed by atoms with Gasteiger partial charge in [0.05, 0.1) is 11.1 Å². The predicted octanol–water partition coefficient (Wildman–Crippen LogP) is 2.07. The quantitative estimate of drug-likeness (QED) is 0.417. The first kappa shape index (κ1) is 14.8. The fourth-order valence-electron chi connectivity index (χ4n) is 1.77. The largest absolute Gasteiger partial charge is 0.455 e. The number of rotatable bonds is 4. The number of nitrogens with two attached hydrogens (primary N) is 1. The molecule has 2 N–H and O–H groups in total. The van der Waals surface area contributed by atoms with Crippen molar-refractivity contribution in [3.05, 3.63) is 50.7 Å². The number of furan rings is 1. The molecule has 11 heteroatoms. The first-order chi connectivity index (χ1) is 11.0. The molecule has 0 amide bonds. The molecular formula is C12H8BrN7O3. The van der Waals surface area contributed by atoms with E-state index in [4.69, 9.17) is 10.2 Å². The molecule has 3 rings (SSSR count). The Hall–Kier alpha value is -3.08. The molecule has 0 aliphatic rings. The third-order valence-electron chi connectivity index (χ3n) is 2.83. The van der Waals surface area contributed by atoms with Gasteiger partial charge in [0, 0.05) is 22.2 Å². The molecule has 0 spiro atoms. The normalized spacial score (nSPS) is 11.2. The van der Waals surface area contributed by atoms with Gasteiger partial charge in [0.25, 0.3) is 11.6 Å². The van der Waals surface area contributed by atoms with Crippen LogP contribution in [0.3, 0.4) is 0 Å². The summed E-state index contributed by atoms with van der Waals surface area (Å²) in [6, 6.07) is 7.82. The first-order valence-corrected chi connectivity index (χ1v) is 6.96. The van der Waals surface area contributed by atoms with Crippen LogP contribution >= 0.6 is 15.9 Å². The molecule has 0 saturated carbocycles. The van der Waals surface area contributed by atoms with Crippen molar-refractivity contribution in [2.75, 3.05) is 5.73 Å². The Bertz CT molecular complexity index is 902. The molecule has 116 valence electrons. The van der Waals surface area contributed by atoms with Crippen LogP contribution in [0.1, 0.15) is 5.76 Å². The van der Waals surface area contributed by atoms with Gasteiger partial charge in [-0.2, -0.15) is 5.10 Å². The zero-order valence-electron chi connectivity index (χ0n) is 11.3. The number of nitro benzene ring substituents is 1. The van der Waals surface area contributed by atoms with E-state index < -0.39 is 4.92 Å². The van der Waals surface area contributed by atoms with E-state index in [0.29, 0.717) is 21.6 Å². The molecular weight excluding hydrogens is 370 g/mol. The fourth-order valence-corrected chi connectivity index (χ4v) is 2.33. The number of nitrogens with zero attached hydrogens (tertiary/aromatic N) is 6. The lowest BCUT2D eigenvalue weighted by atomic mass is 10.1. The molecule has 0 unspecified atom stereocenters. The molecule has 23 heavy (non-hydrogen) atoms. The van der Waals surface area contributed by atoms with Crippen LogP contribution in [0.15, 0.2) is 44.3 Å². The average Bonchev–Trinajstić information content (AvgIpc) is 3.14. The Morgan fingerprint density at radius 2 is 2.22 bits per heavy atom. The van der Waals surface area contributed by atoms with Crippen LogP contribution in [-0.4, -0.2) is 31.5 Å². The van der Waals surface area contributed by atoms with Gasteiger partial charge < -0.3 is 10.2 Å². The van der Waals surface area contributed by atoms with E-state index in [0.717, 1.165) is 4.79 Å². The summed E-state index contributed by atoms with van der Waals surface area (Å²) in [7, 11) is 0. The van der Waals surface area contributed by atoms with Crippen molar-refractivity contribution in [1.82, 2.24) is 20.3 Å². The molecule has 2 aromatic heterocycles. The van der Waals surface area contributed by atoms with Crippen LogP contribution in [0.5, 0.6) is 0 Å². The van der Waals surface area contributed by atoms with Crippen molar-refractivity contribution in [2.24, 2.45) is 5.10 Å². The molecule has 0 saturated heterocycles. The van der Waals surface area contributed by atoms with Gasteiger partial charge in [-0.1, -0.05) is 9.89 Å². The van der Waals surface area contributed by atoms with Gasteiger partial charge in [-0.05, 0) is 44.6 Å². The number of aromatic nitrogens is 4. The zero-order chi connectivity index (χ0) is 16.4. The maximum Gasteiger partial charge on any atom is 0.270 e. The number of benzene rings is 1. The molecule has 3 aromatic rings. The van der Waals surface area contributed by atoms with E-state index in [1.165, 1.54) is 18.3 Å². The third kappa shape index (κ3) is 3.08. The maximum absolute atomic E-state index is 10.7. The highest BCUT2D eigenvalue weighted by Crippen LogP contribution is 2.32. The van der Waals surface area contributed by atoms with E-state index in [9.17, 15) is 10.1 Å². The number of nitro groups is 1. The Morgan fingerprint density at radius 1 is 1.39 bits per heavy atom. The second-order valence-corrected chi connectivity index (χ2v) is 5.15. The minimum atomic E-state index is -0.467. The van der Waals surface area contributed by atoms with Gasteiger partial charge in [-0.25, -0.2) is 0 Å². The smallest absolute Gasteiger partial charge is 0.270 e. The van der Waals surface area contributed by atoms with Crippen molar-refractivity contribution in [3.63, 3.8) is 0 Å². The van der Waals surface area contributed by atoms with Crippen LogP contribution in [0.4, 0.5) is 11.6 Å². The lowest BCUT2D eigenvalue weighted by Crippen LogP contribution is -1.99. The van der Waals surface area contributed by atoms with Gasteiger partial charge in [-0.3, -0.25) is 10.1 Å². The lowest BCUT2D eigenvalue weighted by molar-refractivity contribution is -0.384. The highest BCUT2D eigenvalue weighted by molar-refractivity contribution is 9.10. The van der Waals surface area contributed by atoms with E-state index >= 15 is 0 Å². The monoisotopic (exact) mass is 377 g/mol. The Balaban J connectivity index is 1.86. The van der Waals surface area contributed by atoms with Crippen molar-refractivity contribution >= 4 is 33.8 Å². The van der Waals surface area contributed by atoms with E-state index in [1.54, 1.807) is 18.2 Å². The van der Waals surface area contributed by atoms with Gasteiger partial charge in [0.1, 0.15) is 11.5 Å². The molecule has 0 bridgehead atoms. The Labute approximate surface area is 136 Å². The molecule has 0 aliphatic heterocycles. The second-order valence-electron chi connectivity index (χ2n) is 4.29. The topological polar surface area (TPSA) is 138 Å². The SMILES string of the molecule is Nc1nnnn1/N=C/c1ccc(-c2ccc([N+](=O)[O-])cc2Br)o1. The van der Waals surface area contributed by atoms with Gasteiger partial charge in [-0.15, -0.1) is 0 Å².